The number of carbonyl (C=O) groups is 1. The van der Waals surface area contributed by atoms with Gasteiger partial charge in [-0.3, -0.25) is 4.79 Å². The van der Waals surface area contributed by atoms with Gasteiger partial charge in [-0.2, -0.15) is 4.52 Å². The van der Waals surface area contributed by atoms with Crippen molar-refractivity contribution in [2.24, 2.45) is 0 Å². The van der Waals surface area contributed by atoms with E-state index in [-0.39, 0.29) is 11.9 Å². The van der Waals surface area contributed by atoms with Gasteiger partial charge in [0.2, 0.25) is 5.91 Å². The number of halogens is 2. The molecular weight excluding hydrogens is 387 g/mol. The minimum atomic E-state index is -0.00382. The average Bonchev–Trinajstić information content (AvgIpc) is 3.13. The van der Waals surface area contributed by atoms with Gasteiger partial charge in [0.05, 0.1) is 16.5 Å². The number of rotatable bonds is 4. The molecule has 0 aliphatic carbocycles. The van der Waals surface area contributed by atoms with Crippen LogP contribution in [0.5, 0.6) is 0 Å². The van der Waals surface area contributed by atoms with Gasteiger partial charge in [-0.15, -0.1) is 15.3 Å². The summed E-state index contributed by atoms with van der Waals surface area (Å²) in [5.41, 5.74) is 1.58. The van der Waals surface area contributed by atoms with Crippen LogP contribution >= 0.6 is 23.2 Å². The molecular formula is C18H18Cl2N6O. The first-order valence-corrected chi connectivity index (χ1v) is 9.49. The van der Waals surface area contributed by atoms with E-state index < -0.39 is 0 Å². The van der Waals surface area contributed by atoms with E-state index in [0.29, 0.717) is 16.5 Å². The van der Waals surface area contributed by atoms with Crippen LogP contribution < -0.4 is 10.2 Å². The van der Waals surface area contributed by atoms with Gasteiger partial charge < -0.3 is 10.2 Å². The van der Waals surface area contributed by atoms with Gasteiger partial charge in [0.15, 0.2) is 5.65 Å². The molecule has 9 heteroatoms. The Kier molecular flexibility index (Phi) is 5.13. The van der Waals surface area contributed by atoms with Gasteiger partial charge in [-0.1, -0.05) is 29.3 Å². The second kappa shape index (κ2) is 7.70. The first kappa shape index (κ1) is 18.0. The van der Waals surface area contributed by atoms with Crippen LogP contribution in [0.2, 0.25) is 10.0 Å². The van der Waals surface area contributed by atoms with Crippen molar-refractivity contribution in [3.05, 3.63) is 52.3 Å². The van der Waals surface area contributed by atoms with Gasteiger partial charge in [0.1, 0.15) is 12.1 Å². The number of carbonyl (C=O) groups excluding carboxylic acids is 1. The van der Waals surface area contributed by atoms with Crippen LogP contribution in [0.1, 0.15) is 18.4 Å². The molecule has 3 aromatic rings. The van der Waals surface area contributed by atoms with Crippen molar-refractivity contribution in [3.8, 4) is 0 Å². The number of piperidine rings is 1. The number of amides is 1. The number of benzene rings is 1. The highest BCUT2D eigenvalue weighted by atomic mass is 35.5. The van der Waals surface area contributed by atoms with Crippen LogP contribution in [0.3, 0.4) is 0 Å². The number of anilines is 1. The largest absolute Gasteiger partial charge is 0.355 e. The highest BCUT2D eigenvalue weighted by Gasteiger charge is 2.22. The van der Waals surface area contributed by atoms with Crippen LogP contribution in [0, 0.1) is 0 Å². The molecule has 0 radical (unpaired) electrons. The van der Waals surface area contributed by atoms with E-state index in [1.54, 1.807) is 23.0 Å². The minimum absolute atomic E-state index is 0.00382. The van der Waals surface area contributed by atoms with Gasteiger partial charge in [0.25, 0.3) is 0 Å². The van der Waals surface area contributed by atoms with Crippen molar-refractivity contribution >= 4 is 40.6 Å². The summed E-state index contributed by atoms with van der Waals surface area (Å²) in [5.74, 6) is 0.888. The zero-order valence-electron chi connectivity index (χ0n) is 14.5. The minimum Gasteiger partial charge on any atom is -0.355 e. The lowest BCUT2D eigenvalue weighted by atomic mass is 10.0. The predicted octanol–water partition coefficient (Wildman–Crippen LogP) is 2.76. The quantitative estimate of drug-likeness (QED) is 0.723. The summed E-state index contributed by atoms with van der Waals surface area (Å²) in [5, 5.41) is 16.4. The van der Waals surface area contributed by atoms with E-state index in [4.69, 9.17) is 23.2 Å². The van der Waals surface area contributed by atoms with Gasteiger partial charge in [-0.05, 0) is 42.7 Å². The normalized spacial score (nSPS) is 15.3. The summed E-state index contributed by atoms with van der Waals surface area (Å²) in [7, 11) is 0. The third kappa shape index (κ3) is 4.14. The second-order valence-corrected chi connectivity index (χ2v) is 7.39. The zero-order valence-corrected chi connectivity index (χ0v) is 16.0. The molecule has 1 amide bonds. The van der Waals surface area contributed by atoms with Crippen molar-refractivity contribution in [2.45, 2.75) is 25.3 Å². The molecule has 0 bridgehead atoms. The maximum Gasteiger partial charge on any atom is 0.224 e. The summed E-state index contributed by atoms with van der Waals surface area (Å²) in [4.78, 5) is 14.5. The van der Waals surface area contributed by atoms with Crippen molar-refractivity contribution in [1.82, 2.24) is 25.1 Å². The van der Waals surface area contributed by atoms with Crippen molar-refractivity contribution in [2.75, 3.05) is 18.0 Å². The molecule has 1 aliphatic rings. The molecule has 4 rings (SSSR count). The summed E-state index contributed by atoms with van der Waals surface area (Å²) < 4.78 is 1.67. The number of fused-ring (bicyclic) bond motifs is 1. The molecule has 3 heterocycles. The van der Waals surface area contributed by atoms with E-state index in [1.807, 2.05) is 18.2 Å². The van der Waals surface area contributed by atoms with Gasteiger partial charge >= 0.3 is 0 Å². The lowest BCUT2D eigenvalue weighted by Gasteiger charge is -2.33. The summed E-state index contributed by atoms with van der Waals surface area (Å²) in [6.45, 7) is 1.66. The third-order valence-electron chi connectivity index (χ3n) is 4.68. The Morgan fingerprint density at radius 1 is 1.15 bits per heavy atom. The Bertz CT molecular complexity index is 967. The Hall–Kier alpha value is -2.38. The third-order valence-corrected chi connectivity index (χ3v) is 5.42. The standard InChI is InChI=1S/C18H18Cl2N6O/c19-14-2-1-12(9-15(14)20)10-18(27)22-13-5-7-25(8-6-13)17-4-3-16-23-21-11-26(16)24-17/h1-4,9,11,13H,5-8,10H2,(H,22,27). The van der Waals surface area contributed by atoms with Gasteiger partial charge in [0, 0.05) is 19.1 Å². The molecule has 0 saturated carbocycles. The number of aromatic nitrogens is 4. The fourth-order valence-electron chi connectivity index (χ4n) is 3.25. The summed E-state index contributed by atoms with van der Waals surface area (Å²) >= 11 is 11.9. The van der Waals surface area contributed by atoms with E-state index in [1.165, 1.54) is 0 Å². The SMILES string of the molecule is O=C(Cc1ccc(Cl)c(Cl)c1)NC1CCN(c2ccc3nncn3n2)CC1. The fraction of sp³-hybridized carbons (Fsp3) is 0.333. The molecule has 7 nitrogen and oxygen atoms in total. The molecule has 27 heavy (non-hydrogen) atoms. The van der Waals surface area contributed by atoms with Crippen LogP contribution in [0.15, 0.2) is 36.7 Å². The van der Waals surface area contributed by atoms with Crippen LogP contribution in [-0.4, -0.2) is 44.8 Å². The van der Waals surface area contributed by atoms with E-state index in [0.717, 1.165) is 43.0 Å². The average molecular weight is 405 g/mol. The molecule has 1 aromatic carbocycles. The molecule has 1 saturated heterocycles. The molecule has 0 atom stereocenters. The van der Waals surface area contributed by atoms with E-state index in [9.17, 15) is 4.79 Å². The van der Waals surface area contributed by atoms with Crippen molar-refractivity contribution in [1.29, 1.82) is 0 Å². The highest BCUT2D eigenvalue weighted by Crippen LogP contribution is 2.23. The van der Waals surface area contributed by atoms with Crippen LogP contribution in [0.4, 0.5) is 5.82 Å². The van der Waals surface area contributed by atoms with Crippen LogP contribution in [-0.2, 0) is 11.2 Å². The first-order valence-electron chi connectivity index (χ1n) is 8.74. The van der Waals surface area contributed by atoms with E-state index in [2.05, 4.69) is 25.5 Å². The van der Waals surface area contributed by atoms with E-state index >= 15 is 0 Å². The molecule has 1 N–H and O–H groups in total. The molecule has 2 aromatic heterocycles. The summed E-state index contributed by atoms with van der Waals surface area (Å²) in [6.07, 6.45) is 3.63. The van der Waals surface area contributed by atoms with Crippen molar-refractivity contribution in [3.63, 3.8) is 0 Å². The Balaban J connectivity index is 1.30. The smallest absolute Gasteiger partial charge is 0.224 e. The highest BCUT2D eigenvalue weighted by molar-refractivity contribution is 6.42. The monoisotopic (exact) mass is 404 g/mol. The number of hydrogen-bond donors (Lipinski definition) is 1. The summed E-state index contributed by atoms with van der Waals surface area (Å²) in [6, 6.07) is 9.29. The number of hydrogen-bond acceptors (Lipinski definition) is 5. The number of nitrogens with zero attached hydrogens (tertiary/aromatic N) is 5. The van der Waals surface area contributed by atoms with Gasteiger partial charge in [-0.25, -0.2) is 0 Å². The second-order valence-electron chi connectivity index (χ2n) is 6.58. The molecule has 140 valence electrons. The number of nitrogens with one attached hydrogen (secondary N) is 1. The maximum atomic E-state index is 12.3. The topological polar surface area (TPSA) is 75.4 Å². The predicted molar refractivity (Wildman–Crippen MR) is 104 cm³/mol. The zero-order chi connectivity index (χ0) is 18.8. The molecule has 1 aliphatic heterocycles. The maximum absolute atomic E-state index is 12.3. The lowest BCUT2D eigenvalue weighted by Crippen LogP contribution is -2.45. The lowest BCUT2D eigenvalue weighted by molar-refractivity contribution is -0.121. The molecule has 0 unspecified atom stereocenters. The first-order chi connectivity index (χ1) is 13.1. The Morgan fingerprint density at radius 2 is 1.96 bits per heavy atom. The molecule has 0 spiro atoms. The fourth-order valence-corrected chi connectivity index (χ4v) is 3.57. The Morgan fingerprint density at radius 3 is 2.74 bits per heavy atom. The molecule has 1 fully saturated rings. The Labute approximate surface area is 166 Å². The van der Waals surface area contributed by atoms with Crippen LogP contribution in [0.25, 0.3) is 5.65 Å². The van der Waals surface area contributed by atoms with Crippen molar-refractivity contribution < 1.29 is 4.79 Å².